The van der Waals surface area contributed by atoms with E-state index in [1.54, 1.807) is 18.5 Å². The average Bonchev–Trinajstić information content (AvgIpc) is 3.13. The first-order chi connectivity index (χ1) is 13.4. The molecule has 0 amide bonds. The summed E-state index contributed by atoms with van der Waals surface area (Å²) in [5.41, 5.74) is 2.53. The second-order valence-electron chi connectivity index (χ2n) is 7.98. The maximum absolute atomic E-state index is 8.98. The van der Waals surface area contributed by atoms with Crippen LogP contribution < -0.4 is 9.80 Å². The van der Waals surface area contributed by atoms with E-state index in [-0.39, 0.29) is 5.41 Å². The summed E-state index contributed by atoms with van der Waals surface area (Å²) in [4.78, 5) is 13.4. The normalized spacial score (nSPS) is 15.1. The monoisotopic (exact) mass is 395 g/mol. The van der Waals surface area contributed by atoms with Crippen LogP contribution in [-0.2, 0) is 5.41 Å². The molecule has 1 saturated heterocycles. The Bertz CT molecular complexity index is 1050. The van der Waals surface area contributed by atoms with Crippen molar-refractivity contribution in [3.8, 4) is 6.07 Å². The molecule has 0 atom stereocenters. The zero-order valence-electron chi connectivity index (χ0n) is 16.2. The van der Waals surface area contributed by atoms with Gasteiger partial charge in [0.25, 0.3) is 0 Å². The highest BCUT2D eigenvalue weighted by atomic mass is 35.5. The molecule has 7 nitrogen and oxygen atoms in total. The number of halogens is 1. The molecule has 3 aromatic heterocycles. The van der Waals surface area contributed by atoms with Gasteiger partial charge in [0.15, 0.2) is 5.82 Å². The number of anilines is 2. The summed E-state index contributed by atoms with van der Waals surface area (Å²) in [5, 5.41) is 14.2. The molecule has 28 heavy (non-hydrogen) atoms. The Morgan fingerprint density at radius 3 is 2.32 bits per heavy atom. The fraction of sp³-hybridized carbons (Fsp3) is 0.400. The van der Waals surface area contributed by atoms with Gasteiger partial charge in [-0.2, -0.15) is 10.4 Å². The third kappa shape index (κ3) is 3.36. The molecule has 1 aliphatic rings. The summed E-state index contributed by atoms with van der Waals surface area (Å²) in [5.74, 6) is 1.68. The van der Waals surface area contributed by atoms with Gasteiger partial charge in [-0.3, -0.25) is 0 Å². The van der Waals surface area contributed by atoms with Crippen LogP contribution in [0.1, 0.15) is 32.0 Å². The molecule has 0 N–H and O–H groups in total. The Morgan fingerprint density at radius 2 is 1.71 bits per heavy atom. The Labute approximate surface area is 169 Å². The lowest BCUT2D eigenvalue weighted by Crippen LogP contribution is -2.47. The van der Waals surface area contributed by atoms with Crippen molar-refractivity contribution in [2.45, 2.75) is 26.2 Å². The van der Waals surface area contributed by atoms with Gasteiger partial charge >= 0.3 is 0 Å². The van der Waals surface area contributed by atoms with Crippen molar-refractivity contribution in [3.63, 3.8) is 0 Å². The molecule has 144 valence electrons. The standard InChI is InChI=1S/C20H22ClN7/c1-20(2,3)17-11-16-19(23-4-5-28(16)25-17)27-8-6-26(7-9-27)18-15(21)10-14(12-22)13-24-18/h4-5,10-11,13H,6-9H2,1-3H3. The number of fused-ring (bicyclic) bond motifs is 1. The second-order valence-corrected chi connectivity index (χ2v) is 8.38. The zero-order valence-corrected chi connectivity index (χ0v) is 17.0. The summed E-state index contributed by atoms with van der Waals surface area (Å²) in [6.07, 6.45) is 5.26. The fourth-order valence-electron chi connectivity index (χ4n) is 3.37. The fourth-order valence-corrected chi connectivity index (χ4v) is 3.66. The van der Waals surface area contributed by atoms with Gasteiger partial charge in [-0.25, -0.2) is 14.5 Å². The highest BCUT2D eigenvalue weighted by Crippen LogP contribution is 2.29. The van der Waals surface area contributed by atoms with Crippen molar-refractivity contribution >= 4 is 28.8 Å². The summed E-state index contributed by atoms with van der Waals surface area (Å²) >= 11 is 6.33. The number of pyridine rings is 1. The average molecular weight is 396 g/mol. The second kappa shape index (κ2) is 6.95. The summed E-state index contributed by atoms with van der Waals surface area (Å²) in [6, 6.07) is 5.86. The van der Waals surface area contributed by atoms with Gasteiger partial charge in [0.1, 0.15) is 17.4 Å². The van der Waals surface area contributed by atoms with Gasteiger partial charge in [0, 0.05) is 50.2 Å². The molecule has 3 aromatic rings. The molecule has 0 unspecified atom stereocenters. The predicted octanol–water partition coefficient (Wildman–Crippen LogP) is 3.27. The van der Waals surface area contributed by atoms with Crippen molar-refractivity contribution in [3.05, 3.63) is 47.0 Å². The van der Waals surface area contributed by atoms with Crippen LogP contribution in [0.2, 0.25) is 5.02 Å². The largest absolute Gasteiger partial charge is 0.352 e. The molecule has 0 aliphatic carbocycles. The van der Waals surface area contributed by atoms with Crippen molar-refractivity contribution in [2.75, 3.05) is 36.0 Å². The first kappa shape index (κ1) is 18.5. The Kier molecular flexibility index (Phi) is 4.60. The SMILES string of the molecule is CC(C)(C)c1cc2c(N3CCN(c4ncc(C#N)cc4Cl)CC3)nccn2n1. The molecule has 8 heteroatoms. The number of hydrogen-bond acceptors (Lipinski definition) is 6. The molecular weight excluding hydrogens is 374 g/mol. The predicted molar refractivity (Wildman–Crippen MR) is 110 cm³/mol. The van der Waals surface area contributed by atoms with Crippen molar-refractivity contribution < 1.29 is 0 Å². The van der Waals surface area contributed by atoms with Crippen LogP contribution in [-0.4, -0.2) is 45.8 Å². The first-order valence-corrected chi connectivity index (χ1v) is 9.65. The summed E-state index contributed by atoms with van der Waals surface area (Å²) in [6.45, 7) is 9.66. The van der Waals surface area contributed by atoms with E-state index in [2.05, 4.69) is 52.7 Å². The number of rotatable bonds is 2. The lowest BCUT2D eigenvalue weighted by Gasteiger charge is -2.36. The molecule has 0 aromatic carbocycles. The summed E-state index contributed by atoms with van der Waals surface area (Å²) in [7, 11) is 0. The molecule has 4 rings (SSSR count). The number of aromatic nitrogens is 4. The van der Waals surface area contributed by atoms with Gasteiger partial charge in [-0.05, 0) is 12.1 Å². The van der Waals surface area contributed by atoms with E-state index < -0.39 is 0 Å². The van der Waals surface area contributed by atoms with Crippen molar-refractivity contribution in [1.29, 1.82) is 5.26 Å². The van der Waals surface area contributed by atoms with Gasteiger partial charge < -0.3 is 9.80 Å². The molecule has 0 saturated carbocycles. The van der Waals surface area contributed by atoms with Crippen LogP contribution >= 0.6 is 11.6 Å². The number of hydrogen-bond donors (Lipinski definition) is 0. The molecule has 0 bridgehead atoms. The Morgan fingerprint density at radius 1 is 1.04 bits per heavy atom. The van der Waals surface area contributed by atoms with Crippen LogP contribution in [0, 0.1) is 11.3 Å². The minimum Gasteiger partial charge on any atom is -0.352 e. The van der Waals surface area contributed by atoms with Crippen molar-refractivity contribution in [2.24, 2.45) is 0 Å². The molecule has 0 spiro atoms. The smallest absolute Gasteiger partial charge is 0.154 e. The van der Waals surface area contributed by atoms with E-state index in [1.807, 2.05) is 10.7 Å². The molecular formula is C20H22ClN7. The number of nitriles is 1. The maximum atomic E-state index is 8.98. The highest BCUT2D eigenvalue weighted by molar-refractivity contribution is 6.33. The maximum Gasteiger partial charge on any atom is 0.154 e. The lowest BCUT2D eigenvalue weighted by atomic mass is 9.92. The lowest BCUT2D eigenvalue weighted by molar-refractivity contribution is 0.562. The van der Waals surface area contributed by atoms with E-state index in [0.29, 0.717) is 10.6 Å². The van der Waals surface area contributed by atoms with E-state index in [9.17, 15) is 0 Å². The third-order valence-electron chi connectivity index (χ3n) is 4.97. The van der Waals surface area contributed by atoms with Crippen LogP contribution in [0.25, 0.3) is 5.52 Å². The van der Waals surface area contributed by atoms with Crippen LogP contribution in [0.4, 0.5) is 11.6 Å². The topological polar surface area (TPSA) is 73.3 Å². The first-order valence-electron chi connectivity index (χ1n) is 9.27. The Balaban J connectivity index is 1.56. The van der Waals surface area contributed by atoms with Crippen LogP contribution in [0.15, 0.2) is 30.7 Å². The Hall–Kier alpha value is -2.85. The minimum absolute atomic E-state index is 0.0139. The molecule has 0 radical (unpaired) electrons. The molecule has 1 fully saturated rings. The van der Waals surface area contributed by atoms with Crippen LogP contribution in [0.3, 0.4) is 0 Å². The minimum atomic E-state index is -0.0139. The summed E-state index contributed by atoms with van der Waals surface area (Å²) < 4.78 is 1.91. The van der Waals surface area contributed by atoms with Crippen LogP contribution in [0.5, 0.6) is 0 Å². The van der Waals surface area contributed by atoms with Crippen molar-refractivity contribution in [1.82, 2.24) is 19.6 Å². The van der Waals surface area contributed by atoms with Gasteiger partial charge in [-0.15, -0.1) is 0 Å². The highest BCUT2D eigenvalue weighted by Gasteiger charge is 2.24. The number of nitrogens with zero attached hydrogens (tertiary/aromatic N) is 7. The number of piperazine rings is 1. The van der Waals surface area contributed by atoms with Gasteiger partial charge in [0.2, 0.25) is 0 Å². The quantitative estimate of drug-likeness (QED) is 0.663. The van der Waals surface area contributed by atoms with E-state index in [4.69, 9.17) is 22.0 Å². The van der Waals surface area contributed by atoms with Gasteiger partial charge in [-0.1, -0.05) is 32.4 Å². The zero-order chi connectivity index (χ0) is 19.9. The third-order valence-corrected chi connectivity index (χ3v) is 5.25. The van der Waals surface area contributed by atoms with E-state index in [0.717, 1.165) is 49.0 Å². The van der Waals surface area contributed by atoms with E-state index in [1.165, 1.54) is 0 Å². The molecule has 4 heterocycles. The van der Waals surface area contributed by atoms with E-state index >= 15 is 0 Å². The molecule has 1 aliphatic heterocycles. The van der Waals surface area contributed by atoms with Gasteiger partial charge in [0.05, 0.1) is 16.3 Å².